The van der Waals surface area contributed by atoms with E-state index in [2.05, 4.69) is 81.3 Å². The molecule has 6 nitrogen and oxygen atoms in total. The quantitative estimate of drug-likeness (QED) is 0.237. The summed E-state index contributed by atoms with van der Waals surface area (Å²) in [6, 6.07) is 33.0. The summed E-state index contributed by atoms with van der Waals surface area (Å²) in [5.41, 5.74) is 7.95. The molecule has 0 unspecified atom stereocenters. The number of hydrogen-bond donors (Lipinski definition) is 0. The third kappa shape index (κ3) is 3.58. The smallest absolute Gasteiger partial charge is 0.162 e. The molecular formula is C34H21N5O. The molecule has 8 aromatic rings. The van der Waals surface area contributed by atoms with Gasteiger partial charge in [0.15, 0.2) is 5.82 Å². The number of nitrogens with zero attached hydrogens (tertiary/aromatic N) is 5. The van der Waals surface area contributed by atoms with E-state index >= 15 is 0 Å². The van der Waals surface area contributed by atoms with Crippen LogP contribution < -0.4 is 0 Å². The Morgan fingerprint density at radius 2 is 1.27 bits per heavy atom. The number of para-hydroxylation sites is 1. The molecule has 0 atom stereocenters. The predicted molar refractivity (Wildman–Crippen MR) is 158 cm³/mol. The number of rotatable bonds is 4. The highest BCUT2D eigenvalue weighted by Gasteiger charge is 2.19. The summed E-state index contributed by atoms with van der Waals surface area (Å²) < 4.78 is 8.17. The molecule has 0 aliphatic heterocycles. The molecular weight excluding hydrogens is 494 g/mol. The summed E-state index contributed by atoms with van der Waals surface area (Å²) in [6.07, 6.45) is 8.90. The normalized spacial score (nSPS) is 11.5. The minimum absolute atomic E-state index is 0.637. The van der Waals surface area contributed by atoms with Gasteiger partial charge in [-0.25, -0.2) is 9.97 Å². The van der Waals surface area contributed by atoms with E-state index in [1.807, 2.05) is 42.7 Å². The summed E-state index contributed by atoms with van der Waals surface area (Å²) in [4.78, 5) is 18.4. The van der Waals surface area contributed by atoms with Gasteiger partial charge in [-0.3, -0.25) is 14.5 Å². The first-order valence-electron chi connectivity index (χ1n) is 13.0. The molecule has 188 valence electrons. The van der Waals surface area contributed by atoms with E-state index in [1.54, 1.807) is 18.7 Å². The first-order valence-corrected chi connectivity index (χ1v) is 13.0. The first kappa shape index (κ1) is 22.4. The summed E-state index contributed by atoms with van der Waals surface area (Å²) >= 11 is 0. The molecule has 0 bridgehead atoms. The Morgan fingerprint density at radius 3 is 2.08 bits per heavy atom. The van der Waals surface area contributed by atoms with E-state index < -0.39 is 0 Å². The Labute approximate surface area is 229 Å². The molecule has 3 aromatic carbocycles. The zero-order valence-corrected chi connectivity index (χ0v) is 21.3. The molecule has 5 aromatic heterocycles. The van der Waals surface area contributed by atoms with Crippen LogP contribution >= 0.6 is 0 Å². The molecule has 6 heteroatoms. The average molecular weight is 516 g/mol. The van der Waals surface area contributed by atoms with Crippen molar-refractivity contribution in [1.29, 1.82) is 0 Å². The van der Waals surface area contributed by atoms with E-state index in [9.17, 15) is 0 Å². The standard InChI is InChI=1S/C34H21N5O/c1-2-4-29-27(3-1)32-30(10-9-25-15-20-40-33(25)32)39(29)31-21-28(37-34(38-31)26-13-18-36-19-14-26)24-7-5-22(6-8-24)23-11-16-35-17-12-23/h1-21H. The van der Waals surface area contributed by atoms with Crippen molar-refractivity contribution in [3.63, 3.8) is 0 Å². The maximum Gasteiger partial charge on any atom is 0.162 e. The molecule has 0 N–H and O–H groups in total. The second-order valence-corrected chi connectivity index (χ2v) is 9.64. The van der Waals surface area contributed by atoms with Gasteiger partial charge in [0.25, 0.3) is 0 Å². The van der Waals surface area contributed by atoms with Crippen molar-refractivity contribution in [2.45, 2.75) is 0 Å². The van der Waals surface area contributed by atoms with Crippen LogP contribution in [-0.2, 0) is 0 Å². The summed E-state index contributed by atoms with van der Waals surface area (Å²) in [5.74, 6) is 1.42. The van der Waals surface area contributed by atoms with Crippen molar-refractivity contribution in [2.75, 3.05) is 0 Å². The lowest BCUT2D eigenvalue weighted by atomic mass is 10.0. The highest BCUT2D eigenvalue weighted by molar-refractivity contribution is 6.19. The van der Waals surface area contributed by atoms with Crippen LogP contribution in [0.1, 0.15) is 0 Å². The second kappa shape index (κ2) is 8.99. The molecule has 0 fully saturated rings. The Bertz CT molecular complexity index is 2150. The van der Waals surface area contributed by atoms with Crippen molar-refractivity contribution in [1.82, 2.24) is 24.5 Å². The van der Waals surface area contributed by atoms with Gasteiger partial charge in [0.1, 0.15) is 11.4 Å². The molecule has 8 rings (SSSR count). The van der Waals surface area contributed by atoms with E-state index in [0.29, 0.717) is 5.82 Å². The van der Waals surface area contributed by atoms with E-state index in [4.69, 9.17) is 14.4 Å². The highest BCUT2D eigenvalue weighted by Crippen LogP contribution is 2.37. The molecule has 0 saturated heterocycles. The number of furan rings is 1. The van der Waals surface area contributed by atoms with Crippen LogP contribution in [0, 0.1) is 0 Å². The van der Waals surface area contributed by atoms with Crippen LogP contribution in [0.4, 0.5) is 0 Å². The molecule has 0 saturated carbocycles. The molecule has 0 aliphatic carbocycles. The van der Waals surface area contributed by atoms with Crippen LogP contribution in [0.25, 0.3) is 72.4 Å². The lowest BCUT2D eigenvalue weighted by Gasteiger charge is -2.12. The van der Waals surface area contributed by atoms with Gasteiger partial charge in [-0.15, -0.1) is 0 Å². The van der Waals surface area contributed by atoms with E-state index in [-0.39, 0.29) is 0 Å². The molecule has 0 aliphatic rings. The van der Waals surface area contributed by atoms with Crippen molar-refractivity contribution in [2.24, 2.45) is 0 Å². The van der Waals surface area contributed by atoms with Gasteiger partial charge < -0.3 is 4.42 Å². The topological polar surface area (TPSA) is 69.6 Å². The van der Waals surface area contributed by atoms with Gasteiger partial charge in [0.05, 0.1) is 28.4 Å². The lowest BCUT2D eigenvalue weighted by molar-refractivity contribution is 0.619. The maximum atomic E-state index is 5.97. The predicted octanol–water partition coefficient (Wildman–Crippen LogP) is 8.11. The van der Waals surface area contributed by atoms with Crippen molar-refractivity contribution >= 4 is 32.8 Å². The molecule has 0 amide bonds. The van der Waals surface area contributed by atoms with Gasteiger partial charge >= 0.3 is 0 Å². The van der Waals surface area contributed by atoms with Crippen LogP contribution in [0.2, 0.25) is 0 Å². The third-order valence-corrected chi connectivity index (χ3v) is 7.33. The molecule has 40 heavy (non-hydrogen) atoms. The monoisotopic (exact) mass is 515 g/mol. The number of aromatic nitrogens is 5. The van der Waals surface area contributed by atoms with E-state index in [1.165, 1.54) is 0 Å². The van der Waals surface area contributed by atoms with Gasteiger partial charge in [0, 0.05) is 52.8 Å². The third-order valence-electron chi connectivity index (χ3n) is 7.33. The highest BCUT2D eigenvalue weighted by atomic mass is 16.3. The van der Waals surface area contributed by atoms with Gasteiger partial charge in [-0.05, 0) is 59.7 Å². The van der Waals surface area contributed by atoms with Crippen LogP contribution in [0.5, 0.6) is 0 Å². The summed E-state index contributed by atoms with van der Waals surface area (Å²) in [7, 11) is 0. The number of hydrogen-bond acceptors (Lipinski definition) is 5. The fourth-order valence-corrected chi connectivity index (χ4v) is 5.43. The maximum absolute atomic E-state index is 5.97. The fourth-order valence-electron chi connectivity index (χ4n) is 5.43. The van der Waals surface area contributed by atoms with Crippen molar-refractivity contribution in [3.05, 3.63) is 128 Å². The van der Waals surface area contributed by atoms with Gasteiger partial charge in [-0.1, -0.05) is 42.5 Å². The van der Waals surface area contributed by atoms with Crippen LogP contribution in [-0.4, -0.2) is 24.5 Å². The van der Waals surface area contributed by atoms with Crippen molar-refractivity contribution < 1.29 is 4.42 Å². The fraction of sp³-hybridized carbons (Fsp3) is 0. The first-order chi connectivity index (χ1) is 19.8. The second-order valence-electron chi connectivity index (χ2n) is 9.64. The Morgan fingerprint density at radius 1 is 0.575 bits per heavy atom. The zero-order valence-electron chi connectivity index (χ0n) is 21.3. The summed E-state index contributed by atoms with van der Waals surface area (Å²) in [6.45, 7) is 0. The molecule has 0 spiro atoms. The Hall–Kier alpha value is -5.62. The Balaban J connectivity index is 1.38. The van der Waals surface area contributed by atoms with Gasteiger partial charge in [0.2, 0.25) is 0 Å². The minimum atomic E-state index is 0.637. The Kier molecular flexibility index (Phi) is 5.03. The number of pyridine rings is 2. The number of benzene rings is 3. The van der Waals surface area contributed by atoms with Crippen LogP contribution in [0.15, 0.2) is 133 Å². The zero-order chi connectivity index (χ0) is 26.5. The average Bonchev–Trinajstić information content (AvgIpc) is 3.64. The lowest BCUT2D eigenvalue weighted by Crippen LogP contribution is -2.02. The van der Waals surface area contributed by atoms with Crippen LogP contribution in [0.3, 0.4) is 0 Å². The molecule has 0 radical (unpaired) electrons. The SMILES string of the molecule is c1ccc2c(c1)c1c3occc3ccc1n2-c1cc(-c2ccc(-c3ccncc3)cc2)nc(-c2ccncc2)n1. The molecule has 5 heterocycles. The van der Waals surface area contributed by atoms with Crippen molar-refractivity contribution in [3.8, 4) is 39.6 Å². The van der Waals surface area contributed by atoms with E-state index in [0.717, 1.165) is 66.5 Å². The largest absolute Gasteiger partial charge is 0.464 e. The summed E-state index contributed by atoms with van der Waals surface area (Å²) in [5, 5.41) is 3.27. The van der Waals surface area contributed by atoms with Gasteiger partial charge in [-0.2, -0.15) is 0 Å². The number of fused-ring (bicyclic) bond motifs is 5. The minimum Gasteiger partial charge on any atom is -0.464 e.